The van der Waals surface area contributed by atoms with Gasteiger partial charge in [0.25, 0.3) is 0 Å². The fraction of sp³-hybridized carbons (Fsp3) is 0.316. The van der Waals surface area contributed by atoms with Crippen LogP contribution < -0.4 is 15.4 Å². The van der Waals surface area contributed by atoms with Crippen molar-refractivity contribution < 1.29 is 9.47 Å². The molecule has 0 spiro atoms. The molecule has 2 N–H and O–H groups in total. The zero-order valence-electron chi connectivity index (χ0n) is 14.7. The summed E-state index contributed by atoms with van der Waals surface area (Å²) in [5.74, 6) is 2.43. The van der Waals surface area contributed by atoms with Gasteiger partial charge in [0, 0.05) is 39.4 Å². The van der Waals surface area contributed by atoms with Gasteiger partial charge < -0.3 is 20.1 Å². The SMILES string of the molecule is CN=C(NCCCOC)NCc1ccccc1Oc1ccccc1.I. The van der Waals surface area contributed by atoms with Gasteiger partial charge in [-0.05, 0) is 24.6 Å². The molecular weight excluding hydrogens is 429 g/mol. The third kappa shape index (κ3) is 7.74. The Balaban J connectivity index is 0.00000312. The van der Waals surface area contributed by atoms with Crippen LogP contribution in [0.4, 0.5) is 0 Å². The summed E-state index contributed by atoms with van der Waals surface area (Å²) in [6.07, 6.45) is 0.935. The number of hydrogen-bond acceptors (Lipinski definition) is 3. The summed E-state index contributed by atoms with van der Waals surface area (Å²) in [5, 5.41) is 6.57. The number of methoxy groups -OCH3 is 1. The van der Waals surface area contributed by atoms with Gasteiger partial charge in [-0.3, -0.25) is 4.99 Å². The van der Waals surface area contributed by atoms with Gasteiger partial charge in [0.05, 0.1) is 0 Å². The maximum Gasteiger partial charge on any atom is 0.191 e. The second-order valence-electron chi connectivity index (χ2n) is 5.22. The third-order valence-electron chi connectivity index (χ3n) is 3.43. The first kappa shape index (κ1) is 21.2. The summed E-state index contributed by atoms with van der Waals surface area (Å²) in [7, 11) is 3.47. The van der Waals surface area contributed by atoms with Crippen LogP contribution in [0.15, 0.2) is 59.6 Å². The number of rotatable bonds is 8. The van der Waals surface area contributed by atoms with Gasteiger partial charge in [-0.25, -0.2) is 0 Å². The average Bonchev–Trinajstić information content (AvgIpc) is 2.63. The van der Waals surface area contributed by atoms with Crippen LogP contribution in [0.2, 0.25) is 0 Å². The van der Waals surface area contributed by atoms with Crippen LogP contribution >= 0.6 is 24.0 Å². The van der Waals surface area contributed by atoms with Crippen LogP contribution in [0.25, 0.3) is 0 Å². The first-order valence-electron chi connectivity index (χ1n) is 8.07. The molecule has 136 valence electrons. The summed E-state index contributed by atoms with van der Waals surface area (Å²) in [5.41, 5.74) is 1.07. The highest BCUT2D eigenvalue weighted by Crippen LogP contribution is 2.24. The molecule has 0 aromatic heterocycles. The Hall–Kier alpha value is -1.80. The molecule has 0 amide bonds. The lowest BCUT2D eigenvalue weighted by atomic mass is 10.2. The van der Waals surface area contributed by atoms with Crippen molar-refractivity contribution in [3.8, 4) is 11.5 Å². The van der Waals surface area contributed by atoms with Crippen molar-refractivity contribution in [3.05, 3.63) is 60.2 Å². The maximum absolute atomic E-state index is 5.97. The predicted octanol–water partition coefficient (Wildman–Crippen LogP) is 3.80. The number of ether oxygens (including phenoxy) is 2. The summed E-state index contributed by atoms with van der Waals surface area (Å²) >= 11 is 0. The van der Waals surface area contributed by atoms with Gasteiger partial charge >= 0.3 is 0 Å². The standard InChI is InChI=1S/C19H25N3O2.HI/c1-20-19(21-13-8-14-23-2)22-15-16-9-6-7-12-18(16)24-17-10-4-3-5-11-17;/h3-7,9-12H,8,13-15H2,1-2H3,(H2,20,21,22);1H. The first-order valence-corrected chi connectivity index (χ1v) is 8.07. The lowest BCUT2D eigenvalue weighted by Gasteiger charge is -2.14. The molecule has 2 aromatic rings. The molecular formula is C19H26IN3O2. The molecule has 6 heteroatoms. The molecule has 2 aromatic carbocycles. The molecule has 0 unspecified atom stereocenters. The molecule has 0 radical (unpaired) electrons. The first-order chi connectivity index (χ1) is 11.8. The van der Waals surface area contributed by atoms with E-state index in [4.69, 9.17) is 9.47 Å². The molecule has 0 saturated heterocycles. The normalized spacial score (nSPS) is 10.7. The monoisotopic (exact) mass is 455 g/mol. The largest absolute Gasteiger partial charge is 0.457 e. The fourth-order valence-corrected chi connectivity index (χ4v) is 2.19. The second-order valence-corrected chi connectivity index (χ2v) is 5.22. The van der Waals surface area contributed by atoms with E-state index in [1.54, 1.807) is 14.2 Å². The van der Waals surface area contributed by atoms with Gasteiger partial charge in [-0.2, -0.15) is 0 Å². The highest BCUT2D eigenvalue weighted by molar-refractivity contribution is 14.0. The highest BCUT2D eigenvalue weighted by atomic mass is 127. The Morgan fingerprint density at radius 2 is 1.72 bits per heavy atom. The van der Waals surface area contributed by atoms with E-state index in [-0.39, 0.29) is 24.0 Å². The number of para-hydroxylation sites is 2. The van der Waals surface area contributed by atoms with Gasteiger partial charge in [0.1, 0.15) is 11.5 Å². The lowest BCUT2D eigenvalue weighted by molar-refractivity contribution is 0.195. The van der Waals surface area contributed by atoms with E-state index in [0.717, 1.165) is 42.6 Å². The minimum Gasteiger partial charge on any atom is -0.457 e. The van der Waals surface area contributed by atoms with Crippen LogP contribution in [-0.2, 0) is 11.3 Å². The number of halogens is 1. The van der Waals surface area contributed by atoms with Crippen molar-refractivity contribution in [1.29, 1.82) is 0 Å². The Bertz CT molecular complexity index is 636. The number of benzene rings is 2. The smallest absolute Gasteiger partial charge is 0.191 e. The molecule has 0 aliphatic carbocycles. The molecule has 0 aliphatic rings. The maximum atomic E-state index is 5.97. The summed E-state index contributed by atoms with van der Waals surface area (Å²) in [6.45, 7) is 2.18. The number of nitrogens with one attached hydrogen (secondary N) is 2. The third-order valence-corrected chi connectivity index (χ3v) is 3.43. The summed E-state index contributed by atoms with van der Waals surface area (Å²) in [4.78, 5) is 4.23. The number of hydrogen-bond donors (Lipinski definition) is 2. The van der Waals surface area contributed by atoms with Crippen molar-refractivity contribution in [2.75, 3.05) is 27.3 Å². The lowest BCUT2D eigenvalue weighted by Crippen LogP contribution is -2.37. The van der Waals surface area contributed by atoms with E-state index in [1.165, 1.54) is 0 Å². The molecule has 0 saturated carbocycles. The molecule has 0 aliphatic heterocycles. The molecule has 0 heterocycles. The number of nitrogens with zero attached hydrogens (tertiary/aromatic N) is 1. The minimum absolute atomic E-state index is 0. The number of aliphatic imine (C=N–C) groups is 1. The zero-order valence-corrected chi connectivity index (χ0v) is 17.0. The van der Waals surface area contributed by atoms with Gasteiger partial charge in [-0.15, -0.1) is 24.0 Å². The molecule has 2 rings (SSSR count). The van der Waals surface area contributed by atoms with Crippen molar-refractivity contribution in [3.63, 3.8) is 0 Å². The van der Waals surface area contributed by atoms with E-state index >= 15 is 0 Å². The minimum atomic E-state index is 0. The predicted molar refractivity (Wildman–Crippen MR) is 113 cm³/mol. The van der Waals surface area contributed by atoms with Crippen LogP contribution in [0.3, 0.4) is 0 Å². The van der Waals surface area contributed by atoms with E-state index in [1.807, 2.05) is 54.6 Å². The quantitative estimate of drug-likeness (QED) is 0.275. The molecule has 0 bridgehead atoms. The summed E-state index contributed by atoms with van der Waals surface area (Å²) < 4.78 is 11.0. The Morgan fingerprint density at radius 3 is 2.44 bits per heavy atom. The van der Waals surface area contributed by atoms with Crippen LogP contribution in [0, 0.1) is 0 Å². The van der Waals surface area contributed by atoms with Gasteiger partial charge in [-0.1, -0.05) is 36.4 Å². The van der Waals surface area contributed by atoms with Crippen LogP contribution in [-0.4, -0.2) is 33.3 Å². The van der Waals surface area contributed by atoms with Crippen molar-refractivity contribution in [1.82, 2.24) is 10.6 Å². The van der Waals surface area contributed by atoms with Crippen LogP contribution in [0.5, 0.6) is 11.5 Å². The molecule has 25 heavy (non-hydrogen) atoms. The Kier molecular flexibility index (Phi) is 10.7. The van der Waals surface area contributed by atoms with E-state index < -0.39 is 0 Å². The van der Waals surface area contributed by atoms with Crippen molar-refractivity contribution in [2.24, 2.45) is 4.99 Å². The van der Waals surface area contributed by atoms with E-state index in [9.17, 15) is 0 Å². The van der Waals surface area contributed by atoms with Crippen LogP contribution in [0.1, 0.15) is 12.0 Å². The topological polar surface area (TPSA) is 54.9 Å². The highest BCUT2D eigenvalue weighted by Gasteiger charge is 2.05. The average molecular weight is 455 g/mol. The van der Waals surface area contributed by atoms with Crippen molar-refractivity contribution in [2.45, 2.75) is 13.0 Å². The molecule has 5 nitrogen and oxygen atoms in total. The second kappa shape index (κ2) is 12.5. The van der Waals surface area contributed by atoms with Gasteiger partial charge in [0.15, 0.2) is 5.96 Å². The van der Waals surface area contributed by atoms with E-state index in [2.05, 4.69) is 15.6 Å². The fourth-order valence-electron chi connectivity index (χ4n) is 2.19. The Labute approximate surface area is 166 Å². The zero-order chi connectivity index (χ0) is 17.0. The van der Waals surface area contributed by atoms with Gasteiger partial charge in [0.2, 0.25) is 0 Å². The van der Waals surface area contributed by atoms with Crippen molar-refractivity contribution >= 4 is 29.9 Å². The Morgan fingerprint density at radius 1 is 1.00 bits per heavy atom. The molecule has 0 atom stereocenters. The number of guanidine groups is 1. The van der Waals surface area contributed by atoms with E-state index in [0.29, 0.717) is 6.54 Å². The summed E-state index contributed by atoms with van der Waals surface area (Å²) in [6, 6.07) is 17.8. The molecule has 0 fully saturated rings.